The van der Waals surface area contributed by atoms with Gasteiger partial charge in [-0.05, 0) is 33.1 Å². The van der Waals surface area contributed by atoms with Crippen molar-refractivity contribution in [2.24, 2.45) is 0 Å². The van der Waals surface area contributed by atoms with Crippen LogP contribution in [0.2, 0.25) is 0 Å². The molecule has 1 amide bonds. The maximum atomic E-state index is 12.2. The molecule has 3 atom stereocenters. The van der Waals surface area contributed by atoms with Gasteiger partial charge in [-0.15, -0.1) is 0 Å². The van der Waals surface area contributed by atoms with Crippen molar-refractivity contribution >= 4 is 5.91 Å². The molecule has 0 radical (unpaired) electrons. The number of piperazine rings is 1. The molecule has 2 saturated heterocycles. The summed E-state index contributed by atoms with van der Waals surface area (Å²) in [5, 5.41) is 3.40. The number of nitrogens with zero attached hydrogens (tertiary/aromatic N) is 1. The Kier molecular flexibility index (Phi) is 4.40. The third-order valence-electron chi connectivity index (χ3n) is 3.79. The molecule has 2 aliphatic heterocycles. The third kappa shape index (κ3) is 3.42. The Morgan fingerprint density at radius 2 is 2.29 bits per heavy atom. The van der Waals surface area contributed by atoms with Crippen molar-refractivity contribution in [2.45, 2.75) is 57.7 Å². The zero-order valence-electron chi connectivity index (χ0n) is 10.9. The van der Waals surface area contributed by atoms with Crippen LogP contribution in [0, 0.1) is 0 Å². The van der Waals surface area contributed by atoms with E-state index >= 15 is 0 Å². The van der Waals surface area contributed by atoms with Crippen LogP contribution in [0.25, 0.3) is 0 Å². The van der Waals surface area contributed by atoms with Crippen molar-refractivity contribution < 1.29 is 9.53 Å². The quantitative estimate of drug-likeness (QED) is 0.804. The van der Waals surface area contributed by atoms with Gasteiger partial charge in [-0.2, -0.15) is 0 Å². The van der Waals surface area contributed by atoms with E-state index in [1.165, 1.54) is 0 Å². The molecule has 0 aliphatic carbocycles. The van der Waals surface area contributed by atoms with Crippen molar-refractivity contribution in [3.8, 4) is 0 Å². The predicted molar refractivity (Wildman–Crippen MR) is 66.8 cm³/mol. The molecule has 2 aliphatic rings. The first-order chi connectivity index (χ1) is 8.16. The van der Waals surface area contributed by atoms with E-state index in [9.17, 15) is 4.79 Å². The van der Waals surface area contributed by atoms with E-state index in [1.54, 1.807) is 0 Å². The number of carbonyl (C=O) groups is 1. The van der Waals surface area contributed by atoms with Crippen molar-refractivity contribution in [1.82, 2.24) is 10.2 Å². The van der Waals surface area contributed by atoms with Gasteiger partial charge in [-0.1, -0.05) is 0 Å². The van der Waals surface area contributed by atoms with Crippen LogP contribution in [0.3, 0.4) is 0 Å². The first kappa shape index (κ1) is 12.8. The van der Waals surface area contributed by atoms with Gasteiger partial charge >= 0.3 is 0 Å². The minimum atomic E-state index is 0.293. The van der Waals surface area contributed by atoms with Gasteiger partial charge in [-0.3, -0.25) is 4.79 Å². The van der Waals surface area contributed by atoms with Gasteiger partial charge in [0.15, 0.2) is 0 Å². The molecular weight excluding hydrogens is 216 g/mol. The molecule has 3 unspecified atom stereocenters. The number of ether oxygens (including phenoxy) is 1. The highest BCUT2D eigenvalue weighted by Crippen LogP contribution is 2.18. The molecular formula is C13H24N2O2. The van der Waals surface area contributed by atoms with Crippen LogP contribution in [-0.4, -0.2) is 48.7 Å². The van der Waals surface area contributed by atoms with Gasteiger partial charge in [0.05, 0.1) is 6.10 Å². The maximum absolute atomic E-state index is 12.2. The van der Waals surface area contributed by atoms with Crippen molar-refractivity contribution in [2.75, 3.05) is 19.7 Å². The van der Waals surface area contributed by atoms with Crippen LogP contribution in [0.4, 0.5) is 0 Å². The molecule has 2 heterocycles. The zero-order valence-corrected chi connectivity index (χ0v) is 10.9. The molecule has 0 bridgehead atoms. The Morgan fingerprint density at radius 1 is 1.47 bits per heavy atom. The third-order valence-corrected chi connectivity index (χ3v) is 3.79. The summed E-state index contributed by atoms with van der Waals surface area (Å²) in [6, 6.07) is 0.737. The van der Waals surface area contributed by atoms with Crippen LogP contribution in [0.15, 0.2) is 0 Å². The van der Waals surface area contributed by atoms with E-state index in [2.05, 4.69) is 19.2 Å². The van der Waals surface area contributed by atoms with Crippen LogP contribution in [0.1, 0.15) is 39.5 Å². The summed E-state index contributed by atoms with van der Waals surface area (Å²) < 4.78 is 5.56. The molecule has 4 nitrogen and oxygen atoms in total. The Balaban J connectivity index is 1.77. The molecule has 2 rings (SSSR count). The van der Waals surface area contributed by atoms with E-state index in [4.69, 9.17) is 4.74 Å². The summed E-state index contributed by atoms with van der Waals surface area (Å²) in [6.45, 7) is 6.87. The summed E-state index contributed by atoms with van der Waals surface area (Å²) >= 11 is 0. The number of nitrogens with one attached hydrogen (secondary N) is 1. The SMILES string of the molecule is CC1CN(C(=O)CCC2CCCO2)C(C)CN1. The summed E-state index contributed by atoms with van der Waals surface area (Å²) in [6.07, 6.45) is 4.14. The first-order valence-corrected chi connectivity index (χ1v) is 6.81. The Labute approximate surface area is 104 Å². The predicted octanol–water partition coefficient (Wildman–Crippen LogP) is 1.15. The second kappa shape index (κ2) is 5.83. The topological polar surface area (TPSA) is 41.6 Å². The lowest BCUT2D eigenvalue weighted by atomic mass is 10.1. The molecule has 17 heavy (non-hydrogen) atoms. The Bertz CT molecular complexity index is 264. The minimum absolute atomic E-state index is 0.293. The van der Waals surface area contributed by atoms with Gasteiger partial charge in [0.1, 0.15) is 0 Å². The van der Waals surface area contributed by atoms with Crippen LogP contribution >= 0.6 is 0 Å². The standard InChI is InChI=1S/C13H24N2O2/c1-10-9-15(11(2)8-14-10)13(16)6-5-12-4-3-7-17-12/h10-12,14H,3-9H2,1-2H3. The molecule has 2 fully saturated rings. The fourth-order valence-electron chi connectivity index (χ4n) is 2.67. The van der Waals surface area contributed by atoms with Gasteiger partial charge < -0.3 is 15.0 Å². The Hall–Kier alpha value is -0.610. The van der Waals surface area contributed by atoms with Gasteiger partial charge in [0, 0.05) is 38.2 Å². The first-order valence-electron chi connectivity index (χ1n) is 6.81. The molecule has 0 saturated carbocycles. The molecule has 4 heteroatoms. The monoisotopic (exact) mass is 240 g/mol. The maximum Gasteiger partial charge on any atom is 0.223 e. The van der Waals surface area contributed by atoms with Crippen molar-refractivity contribution in [3.63, 3.8) is 0 Å². The highest BCUT2D eigenvalue weighted by Gasteiger charge is 2.27. The highest BCUT2D eigenvalue weighted by atomic mass is 16.5. The van der Waals surface area contributed by atoms with Gasteiger partial charge in [0.25, 0.3) is 0 Å². The normalized spacial score (nSPS) is 34.0. The van der Waals surface area contributed by atoms with Crippen LogP contribution in [0.5, 0.6) is 0 Å². The largest absolute Gasteiger partial charge is 0.378 e. The number of carbonyl (C=O) groups excluding carboxylic acids is 1. The number of hydrogen-bond acceptors (Lipinski definition) is 3. The average molecular weight is 240 g/mol. The van der Waals surface area contributed by atoms with E-state index in [1.807, 2.05) is 4.90 Å². The molecule has 1 N–H and O–H groups in total. The van der Waals surface area contributed by atoms with E-state index < -0.39 is 0 Å². The zero-order chi connectivity index (χ0) is 12.3. The molecule has 98 valence electrons. The van der Waals surface area contributed by atoms with E-state index in [0.717, 1.165) is 39.0 Å². The van der Waals surface area contributed by atoms with Crippen molar-refractivity contribution in [1.29, 1.82) is 0 Å². The lowest BCUT2D eigenvalue weighted by Crippen LogP contribution is -2.56. The van der Waals surface area contributed by atoms with Crippen LogP contribution in [-0.2, 0) is 9.53 Å². The fraction of sp³-hybridized carbons (Fsp3) is 0.923. The smallest absolute Gasteiger partial charge is 0.223 e. The molecule has 0 spiro atoms. The Morgan fingerprint density at radius 3 is 3.00 bits per heavy atom. The van der Waals surface area contributed by atoms with Gasteiger partial charge in [-0.25, -0.2) is 0 Å². The lowest BCUT2D eigenvalue weighted by molar-refractivity contribution is -0.135. The van der Waals surface area contributed by atoms with E-state index in [0.29, 0.717) is 30.5 Å². The minimum Gasteiger partial charge on any atom is -0.378 e. The van der Waals surface area contributed by atoms with Crippen LogP contribution < -0.4 is 5.32 Å². The molecule has 0 aromatic carbocycles. The van der Waals surface area contributed by atoms with Crippen molar-refractivity contribution in [3.05, 3.63) is 0 Å². The second-order valence-electron chi connectivity index (χ2n) is 5.38. The van der Waals surface area contributed by atoms with E-state index in [-0.39, 0.29) is 0 Å². The summed E-state index contributed by atoms with van der Waals surface area (Å²) in [5.74, 6) is 0.293. The lowest BCUT2D eigenvalue weighted by Gasteiger charge is -2.37. The average Bonchev–Trinajstić information content (AvgIpc) is 2.82. The number of rotatable bonds is 3. The highest BCUT2D eigenvalue weighted by molar-refractivity contribution is 5.76. The molecule has 0 aromatic rings. The number of amides is 1. The summed E-state index contributed by atoms with van der Waals surface area (Å²) in [7, 11) is 0. The second-order valence-corrected chi connectivity index (χ2v) is 5.38. The molecule has 0 aromatic heterocycles. The summed E-state index contributed by atoms with van der Waals surface area (Å²) in [5.41, 5.74) is 0. The summed E-state index contributed by atoms with van der Waals surface area (Å²) in [4.78, 5) is 14.2. The fourth-order valence-corrected chi connectivity index (χ4v) is 2.67. The van der Waals surface area contributed by atoms with Gasteiger partial charge in [0.2, 0.25) is 5.91 Å². The number of hydrogen-bond donors (Lipinski definition) is 1.